The van der Waals surface area contributed by atoms with E-state index in [0.717, 1.165) is 4.90 Å². The van der Waals surface area contributed by atoms with Gasteiger partial charge in [0.15, 0.2) is 8.32 Å². The highest BCUT2D eigenvalue weighted by molar-refractivity contribution is 7.88. The van der Waals surface area contributed by atoms with Gasteiger partial charge in [-0.1, -0.05) is 45.0 Å². The van der Waals surface area contributed by atoms with E-state index in [-0.39, 0.29) is 5.04 Å². The molecule has 2 nitrogen and oxygen atoms in total. The maximum absolute atomic E-state index is 11.9. The Morgan fingerprint density at radius 1 is 1.21 bits per heavy atom. The van der Waals surface area contributed by atoms with Gasteiger partial charge in [0, 0.05) is 10.3 Å². The van der Waals surface area contributed by atoms with Gasteiger partial charge < -0.3 is 4.43 Å². The van der Waals surface area contributed by atoms with Gasteiger partial charge in [-0.05, 0) is 30.3 Å². The molecule has 4 heteroatoms. The molecule has 19 heavy (non-hydrogen) atoms. The van der Waals surface area contributed by atoms with Gasteiger partial charge in [-0.3, -0.25) is 0 Å². The molecule has 1 rings (SSSR count). The van der Waals surface area contributed by atoms with Crippen molar-refractivity contribution in [2.75, 3.05) is 6.61 Å². The highest BCUT2D eigenvalue weighted by Crippen LogP contribution is 2.36. The predicted molar refractivity (Wildman–Crippen MR) is 85.1 cm³/mol. The predicted octanol–water partition coefficient (Wildman–Crippen LogP) is 4.33. The van der Waals surface area contributed by atoms with E-state index in [2.05, 4.69) is 33.9 Å². The van der Waals surface area contributed by atoms with Gasteiger partial charge in [-0.25, -0.2) is 4.21 Å². The Bertz CT molecular complexity index is 447. The van der Waals surface area contributed by atoms with Crippen molar-refractivity contribution in [2.45, 2.75) is 43.8 Å². The van der Waals surface area contributed by atoms with Crippen LogP contribution in [0.15, 0.2) is 46.7 Å². The molecule has 1 aromatic rings. The number of rotatable bonds is 5. The van der Waals surface area contributed by atoms with Gasteiger partial charge in [-0.15, -0.1) is 0 Å². The molecule has 0 spiro atoms. The summed E-state index contributed by atoms with van der Waals surface area (Å²) in [6, 6.07) is 9.45. The molecule has 0 heterocycles. The van der Waals surface area contributed by atoms with E-state index in [0.29, 0.717) is 6.61 Å². The maximum Gasteiger partial charge on any atom is 0.192 e. The third kappa shape index (κ3) is 5.05. The molecule has 0 N–H and O–H groups in total. The summed E-state index contributed by atoms with van der Waals surface area (Å²) in [6.45, 7) is 11.6. The Balaban J connectivity index is 2.50. The Morgan fingerprint density at radius 3 is 2.32 bits per heavy atom. The first-order valence-electron chi connectivity index (χ1n) is 6.50. The molecule has 0 radical (unpaired) electrons. The summed E-state index contributed by atoms with van der Waals surface area (Å²) < 4.78 is 17.9. The molecule has 1 aromatic carbocycles. The lowest BCUT2D eigenvalue weighted by Crippen LogP contribution is -2.40. The average Bonchev–Trinajstić information content (AvgIpc) is 2.34. The van der Waals surface area contributed by atoms with E-state index >= 15 is 0 Å². The smallest absolute Gasteiger partial charge is 0.192 e. The van der Waals surface area contributed by atoms with Crippen LogP contribution in [0.2, 0.25) is 18.1 Å². The van der Waals surface area contributed by atoms with Crippen LogP contribution >= 0.6 is 0 Å². The minimum atomic E-state index is -1.71. The van der Waals surface area contributed by atoms with E-state index in [9.17, 15) is 4.21 Å². The second-order valence-electron chi connectivity index (χ2n) is 6.05. The first-order chi connectivity index (χ1) is 8.74. The van der Waals surface area contributed by atoms with Gasteiger partial charge in [-0.2, -0.15) is 0 Å². The molecule has 0 aliphatic rings. The molecular formula is C15H24O2SSi. The fraction of sp³-hybridized carbons (Fsp3) is 0.467. The van der Waals surface area contributed by atoms with E-state index in [1.165, 1.54) is 0 Å². The van der Waals surface area contributed by atoms with Crippen LogP contribution in [0.5, 0.6) is 0 Å². The quantitative estimate of drug-likeness (QED) is 0.756. The van der Waals surface area contributed by atoms with Crippen molar-refractivity contribution in [1.82, 2.24) is 0 Å². The number of benzene rings is 1. The van der Waals surface area contributed by atoms with Crippen molar-refractivity contribution in [3.8, 4) is 0 Å². The maximum atomic E-state index is 11.9. The van der Waals surface area contributed by atoms with Crippen molar-refractivity contribution in [2.24, 2.45) is 0 Å². The van der Waals surface area contributed by atoms with Crippen molar-refractivity contribution >= 4 is 19.1 Å². The van der Waals surface area contributed by atoms with Gasteiger partial charge in [0.2, 0.25) is 0 Å². The molecule has 0 saturated carbocycles. The summed E-state index contributed by atoms with van der Waals surface area (Å²) in [5.41, 5.74) is 0. The van der Waals surface area contributed by atoms with E-state index < -0.39 is 19.1 Å². The van der Waals surface area contributed by atoms with Crippen LogP contribution in [0.4, 0.5) is 0 Å². The summed E-state index contributed by atoms with van der Waals surface area (Å²) in [5, 5.41) is 1.92. The number of hydrogen-bond donors (Lipinski definition) is 0. The summed E-state index contributed by atoms with van der Waals surface area (Å²) in [5.74, 6) is 0. The second kappa shape index (κ2) is 6.64. The minimum Gasteiger partial charge on any atom is -0.413 e. The molecule has 0 aliphatic carbocycles. The Kier molecular flexibility index (Phi) is 5.71. The van der Waals surface area contributed by atoms with Crippen LogP contribution in [0.3, 0.4) is 0 Å². The summed E-state index contributed by atoms with van der Waals surface area (Å²) in [7, 11) is -2.78. The Hall–Kier alpha value is -0.713. The second-order valence-corrected chi connectivity index (χ2v) is 12.2. The van der Waals surface area contributed by atoms with Crippen molar-refractivity contribution in [3.05, 3.63) is 41.8 Å². The molecule has 0 fully saturated rings. The standard InChI is InChI=1S/C15H24O2SSi/c1-15(2,3)19(4,5)17-12-9-13-18(16)14-10-7-6-8-11-14/h6-11,13H,12H2,1-5H3/b13-9+/t18-/m1/s1. The van der Waals surface area contributed by atoms with Crippen molar-refractivity contribution in [1.29, 1.82) is 0 Å². The van der Waals surface area contributed by atoms with Crippen LogP contribution in [0.25, 0.3) is 0 Å². The molecule has 0 saturated heterocycles. The summed E-state index contributed by atoms with van der Waals surface area (Å²) in [6.07, 6.45) is 1.86. The number of hydrogen-bond acceptors (Lipinski definition) is 2. The topological polar surface area (TPSA) is 26.3 Å². The average molecular weight is 297 g/mol. The monoisotopic (exact) mass is 296 g/mol. The lowest BCUT2D eigenvalue weighted by molar-refractivity contribution is 0.328. The molecule has 0 unspecified atom stereocenters. The van der Waals surface area contributed by atoms with Crippen LogP contribution < -0.4 is 0 Å². The normalized spacial score (nSPS) is 14.8. The van der Waals surface area contributed by atoms with Gasteiger partial charge in [0.05, 0.1) is 17.4 Å². The molecular weight excluding hydrogens is 272 g/mol. The van der Waals surface area contributed by atoms with Crippen LogP contribution in [0, 0.1) is 0 Å². The lowest BCUT2D eigenvalue weighted by atomic mass is 10.2. The van der Waals surface area contributed by atoms with Gasteiger partial charge in [0.1, 0.15) is 0 Å². The zero-order chi connectivity index (χ0) is 14.5. The molecule has 0 aromatic heterocycles. The summed E-state index contributed by atoms with van der Waals surface area (Å²) >= 11 is 0. The van der Waals surface area contributed by atoms with E-state index in [4.69, 9.17) is 4.43 Å². The molecule has 0 bridgehead atoms. The Labute approximate surface area is 120 Å². The summed E-state index contributed by atoms with van der Waals surface area (Å²) in [4.78, 5) is 0.825. The third-order valence-corrected chi connectivity index (χ3v) is 9.22. The Morgan fingerprint density at radius 2 is 1.79 bits per heavy atom. The SMILES string of the molecule is CC(C)(C)[Si](C)(C)OC/C=C/[S@@](=O)c1ccccc1. The van der Waals surface area contributed by atoms with E-state index in [1.54, 1.807) is 5.41 Å². The fourth-order valence-corrected chi connectivity index (χ4v) is 3.01. The van der Waals surface area contributed by atoms with Crippen LogP contribution in [-0.2, 0) is 15.2 Å². The molecule has 1 atom stereocenters. The van der Waals surface area contributed by atoms with Crippen molar-refractivity contribution < 1.29 is 8.63 Å². The zero-order valence-electron chi connectivity index (χ0n) is 12.5. The molecule has 106 valence electrons. The van der Waals surface area contributed by atoms with E-state index in [1.807, 2.05) is 36.4 Å². The third-order valence-electron chi connectivity index (χ3n) is 3.54. The van der Waals surface area contributed by atoms with Gasteiger partial charge in [0.25, 0.3) is 0 Å². The molecule has 0 amide bonds. The zero-order valence-corrected chi connectivity index (χ0v) is 14.3. The van der Waals surface area contributed by atoms with Crippen LogP contribution in [0.1, 0.15) is 20.8 Å². The lowest BCUT2D eigenvalue weighted by Gasteiger charge is -2.35. The largest absolute Gasteiger partial charge is 0.413 e. The minimum absolute atomic E-state index is 0.208. The first kappa shape index (κ1) is 16.3. The van der Waals surface area contributed by atoms with Crippen LogP contribution in [-0.4, -0.2) is 19.1 Å². The fourth-order valence-electron chi connectivity index (χ4n) is 1.23. The van der Waals surface area contributed by atoms with Gasteiger partial charge >= 0.3 is 0 Å². The highest BCUT2D eigenvalue weighted by atomic mass is 32.2. The van der Waals surface area contributed by atoms with Crippen molar-refractivity contribution in [3.63, 3.8) is 0 Å². The molecule has 0 aliphatic heterocycles. The first-order valence-corrected chi connectivity index (χ1v) is 10.6. The highest BCUT2D eigenvalue weighted by Gasteiger charge is 2.36.